The van der Waals surface area contributed by atoms with Crippen molar-refractivity contribution in [3.8, 4) is 0 Å². The molecule has 0 saturated heterocycles. The number of hydrogen-bond acceptors (Lipinski definition) is 12. The van der Waals surface area contributed by atoms with Gasteiger partial charge < -0.3 is 26.6 Å². The van der Waals surface area contributed by atoms with Crippen molar-refractivity contribution in [2.24, 2.45) is 0 Å². The Kier molecular flexibility index (Phi) is 45.7. The van der Waals surface area contributed by atoms with Crippen molar-refractivity contribution in [3.63, 3.8) is 0 Å². The van der Waals surface area contributed by atoms with Crippen LogP contribution in [0.3, 0.4) is 0 Å². The summed E-state index contributed by atoms with van der Waals surface area (Å²) in [4.78, 5) is 0.405. The van der Waals surface area contributed by atoms with Gasteiger partial charge in [-0.3, -0.25) is 0 Å². The molecule has 0 rings (SSSR count). The summed E-state index contributed by atoms with van der Waals surface area (Å²) in [5, 5.41) is 0. The normalized spacial score (nSPS) is 13.5. The molecule has 0 saturated carbocycles. The van der Waals surface area contributed by atoms with Crippen molar-refractivity contribution in [2.45, 2.75) is 229 Å². The van der Waals surface area contributed by atoms with E-state index in [-0.39, 0.29) is 9.75 Å². The van der Waals surface area contributed by atoms with Gasteiger partial charge in [0.05, 0.1) is 9.75 Å². The number of unbranched alkanes of at least 4 members (excludes halogenated alkanes) is 28. The molecule has 0 amide bonds. The summed E-state index contributed by atoms with van der Waals surface area (Å²) in [6.45, 7) is 4.59. The molecule has 338 valence electrons. The van der Waals surface area contributed by atoms with E-state index < -0.39 is 17.6 Å². The highest BCUT2D eigenvalue weighted by atomic mass is 33.9. The third-order valence-corrected chi connectivity index (χ3v) is 31.1. The molecule has 0 aromatic heterocycles. The average Bonchev–Trinajstić information content (AvgIpc) is 3.22. The van der Waals surface area contributed by atoms with Crippen LogP contribution in [0.1, 0.15) is 219 Å². The SMILES string of the molecule is CCCCCCCCCCCCCCCCCC(SSSSSSC(CCCCCCCCCCCCCCCCC)[Si](OC)(OC)OC)[Si](OC)(OC)OC. The first-order valence-corrected chi connectivity index (χ1v) is 34.0. The molecule has 0 aromatic carbocycles. The summed E-state index contributed by atoms with van der Waals surface area (Å²) in [5.41, 5.74) is 0. The lowest BCUT2D eigenvalue weighted by Crippen LogP contribution is -2.52. The van der Waals surface area contributed by atoms with Crippen molar-refractivity contribution in [3.05, 3.63) is 0 Å². The van der Waals surface area contributed by atoms with Gasteiger partial charge in [-0.25, -0.2) is 0 Å². The minimum Gasteiger partial charge on any atom is -0.376 e. The molecule has 0 bridgehead atoms. The van der Waals surface area contributed by atoms with Crippen LogP contribution in [0.15, 0.2) is 0 Å². The van der Waals surface area contributed by atoms with Gasteiger partial charge in [0.1, 0.15) is 0 Å². The summed E-state index contributed by atoms with van der Waals surface area (Å²) in [7, 11) is 15.9. The molecule has 56 heavy (non-hydrogen) atoms. The van der Waals surface area contributed by atoms with Gasteiger partial charge in [-0.15, -0.1) is 0 Å². The topological polar surface area (TPSA) is 55.4 Å². The lowest BCUT2D eigenvalue weighted by atomic mass is 10.0. The van der Waals surface area contributed by atoms with E-state index >= 15 is 0 Å². The zero-order valence-corrected chi connectivity index (χ0v) is 44.6. The minimum absolute atomic E-state index is 0.202. The molecule has 0 aliphatic heterocycles. The van der Waals surface area contributed by atoms with E-state index in [1.807, 2.05) is 41.2 Å². The van der Waals surface area contributed by atoms with Gasteiger partial charge in [0.2, 0.25) is 0 Å². The van der Waals surface area contributed by atoms with E-state index in [1.54, 1.807) is 62.3 Å². The molecule has 0 fully saturated rings. The van der Waals surface area contributed by atoms with Crippen LogP contribution < -0.4 is 0 Å². The fraction of sp³-hybridized carbons (Fsp3) is 1.00. The maximum atomic E-state index is 5.96. The van der Waals surface area contributed by atoms with Gasteiger partial charge in [0, 0.05) is 42.7 Å². The van der Waals surface area contributed by atoms with Crippen LogP contribution in [0.5, 0.6) is 0 Å². The molecule has 14 heteroatoms. The molecular weight excluding hydrogens is 849 g/mol. The Morgan fingerprint density at radius 1 is 0.286 bits per heavy atom. The molecule has 2 unspecified atom stereocenters. The Morgan fingerprint density at radius 3 is 0.679 bits per heavy atom. The molecule has 0 aromatic rings. The van der Waals surface area contributed by atoms with Gasteiger partial charge in [-0.2, -0.15) is 0 Å². The molecular formula is C42H90O6S6Si2. The van der Waals surface area contributed by atoms with E-state index in [9.17, 15) is 0 Å². The van der Waals surface area contributed by atoms with Gasteiger partial charge in [-0.1, -0.05) is 228 Å². The van der Waals surface area contributed by atoms with Crippen molar-refractivity contribution in [1.82, 2.24) is 0 Å². The van der Waals surface area contributed by atoms with Crippen LogP contribution in [0, 0.1) is 0 Å². The predicted octanol–water partition coefficient (Wildman–Crippen LogP) is 17.1. The lowest BCUT2D eigenvalue weighted by molar-refractivity contribution is 0.120. The van der Waals surface area contributed by atoms with E-state index in [4.69, 9.17) is 26.6 Å². The maximum absolute atomic E-state index is 5.96. The number of hydrogen-bond donors (Lipinski definition) is 0. The maximum Gasteiger partial charge on any atom is 0.514 e. The first kappa shape index (κ1) is 58.3. The zero-order valence-electron chi connectivity index (χ0n) is 37.7. The highest BCUT2D eigenvalue weighted by molar-refractivity contribution is 9.42. The van der Waals surface area contributed by atoms with Gasteiger partial charge in [0.25, 0.3) is 0 Å². The van der Waals surface area contributed by atoms with Crippen LogP contribution in [0.25, 0.3) is 0 Å². The summed E-state index contributed by atoms with van der Waals surface area (Å²) in [6.07, 6.45) is 43.4. The second kappa shape index (κ2) is 43.9. The fourth-order valence-electron chi connectivity index (χ4n) is 7.41. The Bertz CT molecular complexity index is 714. The molecule has 6 nitrogen and oxygen atoms in total. The van der Waals surface area contributed by atoms with Crippen molar-refractivity contribution < 1.29 is 26.6 Å². The summed E-state index contributed by atoms with van der Waals surface area (Å²) in [6, 6.07) is 0. The second-order valence-corrected chi connectivity index (χ2v) is 32.2. The summed E-state index contributed by atoms with van der Waals surface area (Å²) >= 11 is 0. The Hall–Kier alpha value is 2.29. The second-order valence-electron chi connectivity index (χ2n) is 15.4. The van der Waals surface area contributed by atoms with Crippen LogP contribution in [0.2, 0.25) is 0 Å². The average molecular weight is 940 g/mol. The molecule has 0 heterocycles. The standard InChI is InChI=1S/C42H90O6S6Si2/c1-9-11-13-15-17-19-21-23-25-27-29-31-33-35-37-39-41(55(43-3,44-4)45-5)49-51-53-54-52-50-42(56(46-6,47-7)48-8)40-38-36-34-32-30-28-26-24-22-20-18-16-14-12-10-2/h41-42H,9-40H2,1-8H3. The van der Waals surface area contributed by atoms with Crippen molar-refractivity contribution in [1.29, 1.82) is 0 Å². The molecule has 0 aliphatic rings. The molecule has 0 radical (unpaired) electrons. The smallest absolute Gasteiger partial charge is 0.376 e. The molecule has 2 atom stereocenters. The van der Waals surface area contributed by atoms with Gasteiger partial charge >= 0.3 is 17.6 Å². The van der Waals surface area contributed by atoms with Crippen LogP contribution >= 0.6 is 60.9 Å². The van der Waals surface area contributed by atoms with Crippen molar-refractivity contribution in [2.75, 3.05) is 42.7 Å². The summed E-state index contributed by atoms with van der Waals surface area (Å²) < 4.78 is 35.8. The quantitative estimate of drug-likeness (QED) is 0.0332. The highest BCUT2D eigenvalue weighted by Gasteiger charge is 2.49. The van der Waals surface area contributed by atoms with Crippen molar-refractivity contribution >= 4 is 78.5 Å². The van der Waals surface area contributed by atoms with E-state index in [0.717, 1.165) is 12.8 Å². The fourth-order valence-corrected chi connectivity index (χ4v) is 29.6. The molecule has 0 aliphatic carbocycles. The van der Waals surface area contributed by atoms with Crippen LogP contribution in [-0.2, 0) is 26.6 Å². The number of rotatable bonds is 47. The largest absolute Gasteiger partial charge is 0.514 e. The monoisotopic (exact) mass is 938 g/mol. The van der Waals surface area contributed by atoms with Crippen LogP contribution in [-0.4, -0.2) is 70.0 Å². The van der Waals surface area contributed by atoms with Crippen LogP contribution in [0.4, 0.5) is 0 Å². The molecule has 0 N–H and O–H groups in total. The lowest BCUT2D eigenvalue weighted by Gasteiger charge is -2.31. The Labute approximate surface area is 374 Å². The zero-order chi connectivity index (χ0) is 41.3. The predicted molar refractivity (Wildman–Crippen MR) is 266 cm³/mol. The Balaban J connectivity index is 4.42. The Morgan fingerprint density at radius 2 is 0.482 bits per heavy atom. The van der Waals surface area contributed by atoms with Gasteiger partial charge in [-0.05, 0) is 52.1 Å². The molecule has 0 spiro atoms. The van der Waals surface area contributed by atoms with E-state index in [1.165, 1.54) is 193 Å². The van der Waals surface area contributed by atoms with Gasteiger partial charge in [0.15, 0.2) is 0 Å². The third kappa shape index (κ3) is 30.4. The first-order valence-electron chi connectivity index (χ1n) is 22.8. The highest BCUT2D eigenvalue weighted by Crippen LogP contribution is 2.56. The summed E-state index contributed by atoms with van der Waals surface area (Å²) in [5.74, 6) is 0. The first-order chi connectivity index (χ1) is 27.5. The third-order valence-electron chi connectivity index (χ3n) is 11.0. The van der Waals surface area contributed by atoms with E-state index in [0.29, 0.717) is 0 Å². The minimum atomic E-state index is -2.76. The van der Waals surface area contributed by atoms with E-state index in [2.05, 4.69) is 13.8 Å².